The Kier molecular flexibility index (Phi) is 4.99. The summed E-state index contributed by atoms with van der Waals surface area (Å²) in [5.41, 5.74) is 4.74. The van der Waals surface area contributed by atoms with E-state index >= 15 is 0 Å². The smallest absolute Gasteiger partial charge is 0.257 e. The summed E-state index contributed by atoms with van der Waals surface area (Å²) >= 11 is 0. The third kappa shape index (κ3) is 3.65. The molecule has 0 aliphatic rings. The Bertz CT molecular complexity index is 1400. The molecule has 0 aliphatic carbocycles. The van der Waals surface area contributed by atoms with Crippen LogP contribution >= 0.6 is 0 Å². The highest BCUT2D eigenvalue weighted by molar-refractivity contribution is 6.13. The zero-order valence-electron chi connectivity index (χ0n) is 17.9. The number of amides is 1. The highest BCUT2D eigenvalue weighted by Crippen LogP contribution is 2.27. The highest BCUT2D eigenvalue weighted by atomic mass is 16.1. The fraction of sp³-hybridized carbons (Fsp3) is 0.120. The van der Waals surface area contributed by atoms with Crippen molar-refractivity contribution in [3.8, 4) is 11.3 Å². The van der Waals surface area contributed by atoms with Gasteiger partial charge in [-0.05, 0) is 18.6 Å². The number of aryl methyl sites for hydroxylation is 2. The number of carbonyl (C=O) groups is 1. The maximum absolute atomic E-state index is 13.5. The average molecular weight is 422 g/mol. The minimum atomic E-state index is -0.222. The van der Waals surface area contributed by atoms with Crippen molar-refractivity contribution >= 4 is 22.8 Å². The topological polar surface area (TPSA) is 77.6 Å². The molecule has 1 amide bonds. The zero-order chi connectivity index (χ0) is 22.1. The minimum Gasteiger partial charge on any atom is -0.307 e. The average Bonchev–Trinajstić information content (AvgIpc) is 3.37. The molecule has 0 saturated heterocycles. The number of benzene rings is 2. The van der Waals surface area contributed by atoms with Gasteiger partial charge >= 0.3 is 0 Å². The molecule has 7 heteroatoms. The number of nitrogens with one attached hydrogen (secondary N) is 1. The summed E-state index contributed by atoms with van der Waals surface area (Å²) in [6.07, 6.45) is 1.69. The van der Waals surface area contributed by atoms with Gasteiger partial charge in [-0.15, -0.1) is 0 Å². The molecule has 5 aromatic rings. The van der Waals surface area contributed by atoms with Crippen molar-refractivity contribution < 1.29 is 4.79 Å². The molecule has 0 unspecified atom stereocenters. The highest BCUT2D eigenvalue weighted by Gasteiger charge is 2.20. The molecule has 158 valence electrons. The van der Waals surface area contributed by atoms with Gasteiger partial charge in [0.1, 0.15) is 5.82 Å². The fourth-order valence-electron chi connectivity index (χ4n) is 3.89. The first kappa shape index (κ1) is 19.7. The lowest BCUT2D eigenvalue weighted by Crippen LogP contribution is -2.17. The lowest BCUT2D eigenvalue weighted by molar-refractivity contribution is 0.102. The van der Waals surface area contributed by atoms with Gasteiger partial charge in [-0.25, -0.2) is 9.67 Å². The van der Waals surface area contributed by atoms with Crippen molar-refractivity contribution in [3.63, 3.8) is 0 Å². The largest absolute Gasteiger partial charge is 0.307 e. The van der Waals surface area contributed by atoms with E-state index in [9.17, 15) is 4.79 Å². The SMILES string of the molecule is Cc1nn(C)c2nc(-c3ccccc3)cc(C(=O)Nc3ccnn3Cc3ccccc3)c12. The van der Waals surface area contributed by atoms with Crippen LogP contribution in [0.4, 0.5) is 5.82 Å². The summed E-state index contributed by atoms with van der Waals surface area (Å²) in [6.45, 7) is 2.46. The van der Waals surface area contributed by atoms with Crippen LogP contribution in [0.25, 0.3) is 22.3 Å². The molecule has 2 aromatic carbocycles. The molecule has 0 spiro atoms. The van der Waals surface area contributed by atoms with Crippen molar-refractivity contribution in [2.45, 2.75) is 13.5 Å². The molecule has 7 nitrogen and oxygen atoms in total. The lowest BCUT2D eigenvalue weighted by Gasteiger charge is -2.11. The predicted octanol–water partition coefficient (Wildman–Crippen LogP) is 4.44. The van der Waals surface area contributed by atoms with Gasteiger partial charge in [0.15, 0.2) is 5.65 Å². The van der Waals surface area contributed by atoms with Gasteiger partial charge in [-0.2, -0.15) is 10.2 Å². The van der Waals surface area contributed by atoms with E-state index in [2.05, 4.69) is 15.5 Å². The third-order valence-corrected chi connectivity index (χ3v) is 5.42. The van der Waals surface area contributed by atoms with Crippen molar-refractivity contribution in [2.24, 2.45) is 7.05 Å². The molecule has 1 N–H and O–H groups in total. The van der Waals surface area contributed by atoms with Crippen LogP contribution in [0.5, 0.6) is 0 Å². The van der Waals surface area contributed by atoms with Gasteiger partial charge in [0.05, 0.1) is 35.1 Å². The summed E-state index contributed by atoms with van der Waals surface area (Å²) < 4.78 is 3.49. The summed E-state index contributed by atoms with van der Waals surface area (Å²) in [7, 11) is 1.84. The summed E-state index contributed by atoms with van der Waals surface area (Å²) in [4.78, 5) is 18.2. The Balaban J connectivity index is 1.54. The molecule has 32 heavy (non-hydrogen) atoms. The van der Waals surface area contributed by atoms with Crippen molar-refractivity contribution in [2.75, 3.05) is 5.32 Å². The predicted molar refractivity (Wildman–Crippen MR) is 124 cm³/mol. The van der Waals surface area contributed by atoms with Crippen LogP contribution in [0.3, 0.4) is 0 Å². The van der Waals surface area contributed by atoms with Crippen molar-refractivity contribution in [1.82, 2.24) is 24.5 Å². The molecule has 0 bridgehead atoms. The first-order valence-corrected chi connectivity index (χ1v) is 10.4. The van der Waals surface area contributed by atoms with E-state index in [0.717, 1.165) is 27.9 Å². The standard InChI is InChI=1S/C25H22N6O/c1-17-23-20(15-21(19-11-7-4-8-12-19)27-24(23)30(2)29-17)25(32)28-22-13-14-26-31(22)16-18-9-5-3-6-10-18/h3-15H,16H2,1-2H3,(H,28,32). The zero-order valence-corrected chi connectivity index (χ0v) is 17.9. The maximum atomic E-state index is 13.5. The van der Waals surface area contributed by atoms with Crippen LogP contribution in [-0.2, 0) is 13.6 Å². The minimum absolute atomic E-state index is 0.222. The number of aromatic nitrogens is 5. The van der Waals surface area contributed by atoms with E-state index in [4.69, 9.17) is 4.98 Å². The molecule has 0 fully saturated rings. The summed E-state index contributed by atoms with van der Waals surface area (Å²) in [6, 6.07) is 23.5. The number of anilines is 1. The normalized spacial score (nSPS) is 11.1. The number of rotatable bonds is 5. The van der Waals surface area contributed by atoms with E-state index < -0.39 is 0 Å². The van der Waals surface area contributed by atoms with Crippen LogP contribution in [-0.4, -0.2) is 30.5 Å². The molecule has 5 rings (SSSR count). The van der Waals surface area contributed by atoms with E-state index in [-0.39, 0.29) is 5.91 Å². The number of hydrogen-bond acceptors (Lipinski definition) is 4. The molecule has 0 saturated carbocycles. The van der Waals surface area contributed by atoms with Crippen LogP contribution in [0.1, 0.15) is 21.6 Å². The Morgan fingerprint density at radius 2 is 1.72 bits per heavy atom. The first-order valence-electron chi connectivity index (χ1n) is 10.4. The number of fused-ring (bicyclic) bond motifs is 1. The van der Waals surface area contributed by atoms with Gasteiger partial charge in [0, 0.05) is 18.7 Å². The molecule has 3 heterocycles. The molecule has 0 atom stereocenters. The first-order chi connectivity index (χ1) is 15.6. The molecule has 0 radical (unpaired) electrons. The molecule has 0 aliphatic heterocycles. The Morgan fingerprint density at radius 3 is 2.47 bits per heavy atom. The second kappa shape index (κ2) is 8.11. The monoisotopic (exact) mass is 422 g/mol. The third-order valence-electron chi connectivity index (χ3n) is 5.42. The molecular weight excluding hydrogens is 400 g/mol. The molecular formula is C25H22N6O. The van der Waals surface area contributed by atoms with E-state index in [1.165, 1.54) is 0 Å². The van der Waals surface area contributed by atoms with E-state index in [1.54, 1.807) is 21.6 Å². The quantitative estimate of drug-likeness (QED) is 0.454. The second-order valence-electron chi connectivity index (χ2n) is 7.64. The summed E-state index contributed by atoms with van der Waals surface area (Å²) in [5, 5.41) is 12.7. The van der Waals surface area contributed by atoms with Gasteiger partial charge in [0.2, 0.25) is 0 Å². The van der Waals surface area contributed by atoms with Gasteiger partial charge in [0.25, 0.3) is 5.91 Å². The van der Waals surface area contributed by atoms with Crippen molar-refractivity contribution in [3.05, 3.63) is 95.8 Å². The van der Waals surface area contributed by atoms with Crippen LogP contribution in [0.15, 0.2) is 79.0 Å². The van der Waals surface area contributed by atoms with Gasteiger partial charge in [-0.3, -0.25) is 9.48 Å². The second-order valence-corrected chi connectivity index (χ2v) is 7.64. The van der Waals surface area contributed by atoms with Crippen molar-refractivity contribution in [1.29, 1.82) is 0 Å². The fourth-order valence-corrected chi connectivity index (χ4v) is 3.89. The number of pyridine rings is 1. The van der Waals surface area contributed by atoms with Gasteiger partial charge in [-0.1, -0.05) is 60.7 Å². The number of carbonyl (C=O) groups excluding carboxylic acids is 1. The Hall–Kier alpha value is -4.26. The van der Waals surface area contributed by atoms with Gasteiger partial charge < -0.3 is 5.32 Å². The Labute approximate surface area is 185 Å². The van der Waals surface area contributed by atoms with Crippen LogP contribution < -0.4 is 5.32 Å². The maximum Gasteiger partial charge on any atom is 0.257 e. The van der Waals surface area contributed by atoms with Crippen LogP contribution in [0.2, 0.25) is 0 Å². The van der Waals surface area contributed by atoms with Crippen LogP contribution in [0, 0.1) is 6.92 Å². The lowest BCUT2D eigenvalue weighted by atomic mass is 10.0. The number of nitrogens with zero attached hydrogens (tertiary/aromatic N) is 5. The van der Waals surface area contributed by atoms with E-state index in [0.29, 0.717) is 23.6 Å². The van der Waals surface area contributed by atoms with E-state index in [1.807, 2.05) is 80.7 Å². The molecule has 3 aromatic heterocycles. The summed E-state index contributed by atoms with van der Waals surface area (Å²) in [5.74, 6) is 0.409. The Morgan fingerprint density at radius 1 is 1.00 bits per heavy atom. The number of hydrogen-bond donors (Lipinski definition) is 1.